The van der Waals surface area contributed by atoms with Crippen molar-refractivity contribution in [3.63, 3.8) is 0 Å². The van der Waals surface area contributed by atoms with Crippen LogP contribution in [0.5, 0.6) is 0 Å². The summed E-state index contributed by atoms with van der Waals surface area (Å²) in [4.78, 5) is 17.2. The van der Waals surface area contributed by atoms with Gasteiger partial charge >= 0.3 is 12.1 Å². The van der Waals surface area contributed by atoms with Gasteiger partial charge in [0, 0.05) is 18.0 Å². The quantitative estimate of drug-likeness (QED) is 0.846. The van der Waals surface area contributed by atoms with Crippen LogP contribution in [0.25, 0.3) is 5.78 Å². The number of nitrogens with zero attached hydrogens (tertiary/aromatic N) is 4. The van der Waals surface area contributed by atoms with Crippen LogP contribution < -0.4 is 0 Å². The molecule has 2 rings (SSSR count). The Morgan fingerprint density at radius 2 is 2.18 bits per heavy atom. The molecule has 2 aromatic heterocycles. The minimum Gasteiger partial charge on any atom is -0.481 e. The van der Waals surface area contributed by atoms with E-state index >= 15 is 0 Å². The van der Waals surface area contributed by atoms with Crippen molar-refractivity contribution in [2.24, 2.45) is 0 Å². The number of carboxylic acid groups (broad SMARTS) is 1. The Morgan fingerprint density at radius 1 is 1.47 bits per heavy atom. The summed E-state index contributed by atoms with van der Waals surface area (Å²) in [5.74, 6) is -2.65. The van der Waals surface area contributed by atoms with E-state index in [-0.39, 0.29) is 17.8 Å². The van der Waals surface area contributed by atoms with Crippen LogP contribution in [0.2, 0.25) is 0 Å². The third-order valence-electron chi connectivity index (χ3n) is 1.86. The van der Waals surface area contributed by atoms with E-state index in [1.165, 1.54) is 0 Å². The van der Waals surface area contributed by atoms with Gasteiger partial charge < -0.3 is 5.11 Å². The van der Waals surface area contributed by atoms with Crippen LogP contribution in [-0.2, 0) is 17.4 Å². The number of carbonyl (C=O) groups is 1. The Morgan fingerprint density at radius 3 is 2.76 bits per heavy atom. The van der Waals surface area contributed by atoms with Crippen molar-refractivity contribution in [2.45, 2.75) is 12.6 Å². The average molecular weight is 246 g/mol. The molecule has 0 unspecified atom stereocenters. The summed E-state index contributed by atoms with van der Waals surface area (Å²) in [5.41, 5.74) is 0.239. The summed E-state index contributed by atoms with van der Waals surface area (Å²) in [7, 11) is 0. The highest BCUT2D eigenvalue weighted by Crippen LogP contribution is 2.26. The standard InChI is InChI=1S/C8H5F3N4O2/c9-8(10,11)6-13-7-12-2-4(1-5(16)17)3-15(7)14-6/h2-3H,1H2,(H,16,17). The van der Waals surface area contributed by atoms with Crippen molar-refractivity contribution in [2.75, 3.05) is 0 Å². The molecule has 0 atom stereocenters. The molecule has 2 heterocycles. The smallest absolute Gasteiger partial charge is 0.453 e. The van der Waals surface area contributed by atoms with Gasteiger partial charge in [0.1, 0.15) is 0 Å². The minimum atomic E-state index is -4.65. The van der Waals surface area contributed by atoms with Crippen LogP contribution >= 0.6 is 0 Å². The fraction of sp³-hybridized carbons (Fsp3) is 0.250. The Labute approximate surface area is 91.7 Å². The monoisotopic (exact) mass is 246 g/mol. The summed E-state index contributed by atoms with van der Waals surface area (Å²) in [5, 5.41) is 11.7. The normalized spacial score (nSPS) is 11.9. The van der Waals surface area contributed by atoms with Gasteiger partial charge in [0.25, 0.3) is 11.6 Å². The van der Waals surface area contributed by atoms with Crippen molar-refractivity contribution in [1.82, 2.24) is 19.6 Å². The van der Waals surface area contributed by atoms with E-state index in [9.17, 15) is 18.0 Å². The number of alkyl halides is 3. The second kappa shape index (κ2) is 3.68. The van der Waals surface area contributed by atoms with Crippen LogP contribution in [0.3, 0.4) is 0 Å². The van der Waals surface area contributed by atoms with Gasteiger partial charge in [-0.2, -0.15) is 18.2 Å². The lowest BCUT2D eigenvalue weighted by Crippen LogP contribution is -2.07. The van der Waals surface area contributed by atoms with Crippen molar-refractivity contribution in [1.29, 1.82) is 0 Å². The van der Waals surface area contributed by atoms with E-state index in [0.29, 0.717) is 0 Å². The molecule has 6 nitrogen and oxygen atoms in total. The van der Waals surface area contributed by atoms with Gasteiger partial charge in [-0.05, 0) is 0 Å². The molecule has 0 spiro atoms. The second-order valence-corrected chi connectivity index (χ2v) is 3.21. The van der Waals surface area contributed by atoms with Crippen LogP contribution in [-0.4, -0.2) is 30.7 Å². The Kier molecular flexibility index (Phi) is 2.45. The van der Waals surface area contributed by atoms with E-state index in [4.69, 9.17) is 5.11 Å². The lowest BCUT2D eigenvalue weighted by Gasteiger charge is -1.97. The molecule has 0 aliphatic heterocycles. The number of aromatic nitrogens is 4. The number of rotatable bonds is 2. The third kappa shape index (κ3) is 2.32. The molecule has 0 aromatic carbocycles. The second-order valence-electron chi connectivity index (χ2n) is 3.21. The van der Waals surface area contributed by atoms with Gasteiger partial charge in [0.2, 0.25) is 0 Å². The molecule has 0 saturated carbocycles. The average Bonchev–Trinajstić information content (AvgIpc) is 2.58. The van der Waals surface area contributed by atoms with E-state index in [1.54, 1.807) is 0 Å². The fourth-order valence-electron chi connectivity index (χ4n) is 1.21. The maximum absolute atomic E-state index is 12.3. The Bertz CT molecular complexity index is 578. The number of fused-ring (bicyclic) bond motifs is 1. The van der Waals surface area contributed by atoms with Crippen molar-refractivity contribution in [3.05, 3.63) is 23.8 Å². The van der Waals surface area contributed by atoms with Crippen LogP contribution in [0.15, 0.2) is 12.4 Å². The zero-order chi connectivity index (χ0) is 12.6. The molecule has 2 aromatic rings. The fourth-order valence-corrected chi connectivity index (χ4v) is 1.21. The number of hydrogen-bond donors (Lipinski definition) is 1. The first-order valence-electron chi connectivity index (χ1n) is 4.36. The molecular weight excluding hydrogens is 241 g/mol. The maximum Gasteiger partial charge on any atom is 0.453 e. The van der Waals surface area contributed by atoms with Gasteiger partial charge in [-0.1, -0.05) is 0 Å². The predicted octanol–water partition coefficient (Wildman–Crippen LogP) is 0.770. The summed E-state index contributed by atoms with van der Waals surface area (Å²) < 4.78 is 37.6. The molecule has 0 amide bonds. The third-order valence-corrected chi connectivity index (χ3v) is 1.86. The molecule has 0 fully saturated rings. The SMILES string of the molecule is O=C(O)Cc1cnc2nc(C(F)(F)F)nn2c1. The highest BCUT2D eigenvalue weighted by atomic mass is 19.4. The molecule has 0 aliphatic rings. The topological polar surface area (TPSA) is 80.4 Å². The summed E-state index contributed by atoms with van der Waals surface area (Å²) in [6.07, 6.45) is -2.69. The number of halogens is 3. The van der Waals surface area contributed by atoms with E-state index in [1.807, 2.05) is 0 Å². The highest BCUT2D eigenvalue weighted by Gasteiger charge is 2.36. The van der Waals surface area contributed by atoms with Gasteiger partial charge in [0.05, 0.1) is 6.42 Å². The lowest BCUT2D eigenvalue weighted by atomic mass is 10.2. The van der Waals surface area contributed by atoms with Crippen molar-refractivity contribution >= 4 is 11.7 Å². The molecule has 90 valence electrons. The maximum atomic E-state index is 12.3. The van der Waals surface area contributed by atoms with E-state index in [0.717, 1.165) is 16.9 Å². The predicted molar refractivity (Wildman–Crippen MR) is 47.1 cm³/mol. The first kappa shape index (κ1) is 11.3. The van der Waals surface area contributed by atoms with Crippen LogP contribution in [0.4, 0.5) is 13.2 Å². The zero-order valence-electron chi connectivity index (χ0n) is 8.14. The molecular formula is C8H5F3N4O2. The summed E-state index contributed by atoms with van der Waals surface area (Å²) in [6, 6.07) is 0. The zero-order valence-corrected chi connectivity index (χ0v) is 8.14. The van der Waals surface area contributed by atoms with Gasteiger partial charge in [-0.3, -0.25) is 4.79 Å². The molecule has 17 heavy (non-hydrogen) atoms. The van der Waals surface area contributed by atoms with Crippen LogP contribution in [0, 0.1) is 0 Å². The molecule has 0 saturated heterocycles. The Balaban J connectivity index is 2.44. The first-order valence-corrected chi connectivity index (χ1v) is 4.36. The van der Waals surface area contributed by atoms with E-state index in [2.05, 4.69) is 15.1 Å². The molecule has 0 radical (unpaired) electrons. The number of aliphatic carboxylic acids is 1. The molecule has 0 bridgehead atoms. The number of hydrogen-bond acceptors (Lipinski definition) is 4. The largest absolute Gasteiger partial charge is 0.481 e. The van der Waals surface area contributed by atoms with Gasteiger partial charge in [-0.15, -0.1) is 5.10 Å². The minimum absolute atomic E-state index is 0.230. The first-order chi connectivity index (χ1) is 7.86. The van der Waals surface area contributed by atoms with Crippen LogP contribution in [0.1, 0.15) is 11.4 Å². The lowest BCUT2D eigenvalue weighted by molar-refractivity contribution is -0.144. The Hall–Kier alpha value is -2.19. The molecule has 1 N–H and O–H groups in total. The van der Waals surface area contributed by atoms with Gasteiger partial charge in [0.15, 0.2) is 0 Å². The van der Waals surface area contributed by atoms with Crippen molar-refractivity contribution in [3.8, 4) is 0 Å². The summed E-state index contributed by atoms with van der Waals surface area (Å²) in [6.45, 7) is 0. The highest BCUT2D eigenvalue weighted by molar-refractivity contribution is 5.69. The number of carboxylic acids is 1. The molecule has 9 heteroatoms. The summed E-state index contributed by atoms with van der Waals surface area (Å²) >= 11 is 0. The van der Waals surface area contributed by atoms with E-state index < -0.39 is 18.0 Å². The molecule has 0 aliphatic carbocycles. The van der Waals surface area contributed by atoms with Gasteiger partial charge in [-0.25, -0.2) is 9.50 Å². The van der Waals surface area contributed by atoms with Crippen molar-refractivity contribution < 1.29 is 23.1 Å².